The molecule has 5 atom stereocenters. The molecule has 5 rings (SSSR count). The van der Waals surface area contributed by atoms with Crippen LogP contribution in [-0.2, 0) is 9.47 Å². The fraction of sp³-hybridized carbons (Fsp3) is 0.407. The number of ether oxygens (including phenoxy) is 4. The molecule has 2 heterocycles. The Morgan fingerprint density at radius 1 is 1.00 bits per heavy atom. The second-order valence-corrected chi connectivity index (χ2v) is 9.23. The van der Waals surface area contributed by atoms with Gasteiger partial charge in [0, 0.05) is 18.1 Å². The van der Waals surface area contributed by atoms with Crippen LogP contribution in [0, 0.1) is 56.2 Å². The highest BCUT2D eigenvalue weighted by molar-refractivity contribution is 5.89. The van der Waals surface area contributed by atoms with Crippen LogP contribution in [0.5, 0.6) is 11.5 Å². The highest BCUT2D eigenvalue weighted by Crippen LogP contribution is 2.71. The van der Waals surface area contributed by atoms with E-state index in [0.29, 0.717) is 36.3 Å². The van der Waals surface area contributed by atoms with Crippen molar-refractivity contribution < 1.29 is 18.9 Å². The number of nitrogens with one attached hydrogen (secondary N) is 1. The zero-order valence-electron chi connectivity index (χ0n) is 19.4. The highest BCUT2D eigenvalue weighted by Gasteiger charge is 2.81. The SMILES string of the molecule is COc1ccc(C2OC34CCC(c5ccccc5)CC3C(C#N)(C(=N)O4)C2(C#N)C#N)c(OC)c1. The Morgan fingerprint density at radius 3 is 2.37 bits per heavy atom. The summed E-state index contributed by atoms with van der Waals surface area (Å²) in [6, 6.07) is 21.4. The zero-order chi connectivity index (χ0) is 24.8. The predicted molar refractivity (Wildman–Crippen MR) is 123 cm³/mol. The maximum atomic E-state index is 10.6. The number of methoxy groups -OCH3 is 2. The minimum atomic E-state index is -2.04. The molecule has 2 bridgehead atoms. The fourth-order valence-corrected chi connectivity index (χ4v) is 6.18. The minimum Gasteiger partial charge on any atom is -0.497 e. The first kappa shape index (κ1) is 22.7. The molecule has 3 fully saturated rings. The summed E-state index contributed by atoms with van der Waals surface area (Å²) in [5.74, 6) is -1.35. The Kier molecular flexibility index (Phi) is 5.20. The largest absolute Gasteiger partial charge is 0.497 e. The van der Waals surface area contributed by atoms with E-state index in [9.17, 15) is 15.8 Å². The molecule has 1 aliphatic carbocycles. The number of hydrogen-bond donors (Lipinski definition) is 1. The summed E-state index contributed by atoms with van der Waals surface area (Å²) >= 11 is 0. The summed E-state index contributed by atoms with van der Waals surface area (Å²) in [6.07, 6.45) is 0.418. The molecule has 8 nitrogen and oxygen atoms in total. The van der Waals surface area contributed by atoms with Gasteiger partial charge in [-0.25, -0.2) is 0 Å². The maximum absolute atomic E-state index is 10.6. The van der Waals surface area contributed by atoms with Crippen LogP contribution in [0.15, 0.2) is 48.5 Å². The van der Waals surface area contributed by atoms with Gasteiger partial charge in [0.05, 0.1) is 38.3 Å². The Hall–Kier alpha value is -4.06. The lowest BCUT2D eigenvalue weighted by atomic mass is 9.50. The molecule has 0 amide bonds. The second kappa shape index (κ2) is 8.01. The van der Waals surface area contributed by atoms with Crippen LogP contribution < -0.4 is 9.47 Å². The molecule has 3 aliphatic rings. The molecule has 2 aromatic rings. The lowest BCUT2D eigenvalue weighted by molar-refractivity contribution is -0.296. The Labute approximate surface area is 203 Å². The van der Waals surface area contributed by atoms with Gasteiger partial charge in [0.25, 0.3) is 0 Å². The molecule has 5 unspecified atom stereocenters. The first-order chi connectivity index (χ1) is 16.9. The number of nitriles is 3. The van der Waals surface area contributed by atoms with Gasteiger partial charge in [0.2, 0.25) is 17.1 Å². The molecule has 0 radical (unpaired) electrons. The topological polar surface area (TPSA) is 132 Å². The van der Waals surface area contributed by atoms with Crippen molar-refractivity contribution in [3.63, 3.8) is 0 Å². The smallest absolute Gasteiger partial charge is 0.217 e. The number of rotatable bonds is 4. The standard InChI is InChI=1S/C27H24N4O4/c1-32-19-8-9-20(21(13-19)33-2)23-25(14-28,15-29)26(16-30)22-12-18(17-6-4-3-5-7-17)10-11-27(22,34-23)35-24(26)31/h3-9,13,18,22-23,31H,10-12H2,1-2H3. The van der Waals surface area contributed by atoms with Crippen LogP contribution in [0.1, 0.15) is 42.4 Å². The first-order valence-corrected chi connectivity index (χ1v) is 11.4. The van der Waals surface area contributed by atoms with Crippen LogP contribution in [0.25, 0.3) is 0 Å². The average molecular weight is 469 g/mol. The average Bonchev–Trinajstić information content (AvgIpc) is 3.11. The van der Waals surface area contributed by atoms with E-state index in [2.05, 4.69) is 18.2 Å². The van der Waals surface area contributed by atoms with Crippen LogP contribution in [0.4, 0.5) is 0 Å². The van der Waals surface area contributed by atoms with Gasteiger partial charge in [0.15, 0.2) is 5.41 Å². The monoisotopic (exact) mass is 468 g/mol. The van der Waals surface area contributed by atoms with Gasteiger partial charge < -0.3 is 18.9 Å². The van der Waals surface area contributed by atoms with Crippen molar-refractivity contribution in [2.45, 2.75) is 37.1 Å². The predicted octanol–water partition coefficient (Wildman–Crippen LogP) is 4.61. The lowest BCUT2D eigenvalue weighted by Crippen LogP contribution is -2.60. The van der Waals surface area contributed by atoms with E-state index in [0.717, 1.165) is 5.56 Å². The van der Waals surface area contributed by atoms with Crippen LogP contribution in [-0.4, -0.2) is 25.9 Å². The van der Waals surface area contributed by atoms with E-state index in [-0.39, 0.29) is 11.8 Å². The quantitative estimate of drug-likeness (QED) is 0.693. The van der Waals surface area contributed by atoms with Gasteiger partial charge in [-0.2, -0.15) is 15.8 Å². The molecule has 0 spiro atoms. The molecule has 0 aromatic heterocycles. The third kappa shape index (κ3) is 2.83. The molecule has 176 valence electrons. The number of nitrogens with zero attached hydrogens (tertiary/aromatic N) is 3. The minimum absolute atomic E-state index is 0.0855. The van der Waals surface area contributed by atoms with Gasteiger partial charge in [-0.15, -0.1) is 0 Å². The molecule has 1 N–H and O–H groups in total. The Bertz CT molecular complexity index is 1290. The number of hydrogen-bond acceptors (Lipinski definition) is 8. The van der Waals surface area contributed by atoms with E-state index in [4.69, 9.17) is 24.4 Å². The fourth-order valence-electron chi connectivity index (χ4n) is 6.18. The first-order valence-electron chi connectivity index (χ1n) is 11.4. The van der Waals surface area contributed by atoms with Crippen LogP contribution in [0.2, 0.25) is 0 Å². The molecular formula is C27H24N4O4. The van der Waals surface area contributed by atoms with Crippen molar-refractivity contribution in [1.82, 2.24) is 0 Å². The third-order valence-corrected chi connectivity index (χ3v) is 7.90. The van der Waals surface area contributed by atoms with Crippen molar-refractivity contribution in [3.05, 3.63) is 59.7 Å². The summed E-state index contributed by atoms with van der Waals surface area (Å²) in [6.45, 7) is 0. The van der Waals surface area contributed by atoms with Gasteiger partial charge in [-0.1, -0.05) is 30.3 Å². The molecule has 2 saturated heterocycles. The van der Waals surface area contributed by atoms with Gasteiger partial charge >= 0.3 is 0 Å². The molecule has 2 aliphatic heterocycles. The normalized spacial score (nSPS) is 32.2. The second-order valence-electron chi connectivity index (χ2n) is 9.23. The van der Waals surface area contributed by atoms with E-state index in [1.807, 2.05) is 30.3 Å². The molecule has 8 heteroatoms. The lowest BCUT2D eigenvalue weighted by Gasteiger charge is -2.52. The van der Waals surface area contributed by atoms with Gasteiger partial charge in [0.1, 0.15) is 17.6 Å². The van der Waals surface area contributed by atoms with Gasteiger partial charge in [-0.05, 0) is 36.5 Å². The van der Waals surface area contributed by atoms with Crippen LogP contribution >= 0.6 is 0 Å². The third-order valence-electron chi connectivity index (χ3n) is 7.90. The van der Waals surface area contributed by atoms with Gasteiger partial charge in [-0.3, -0.25) is 5.41 Å². The van der Waals surface area contributed by atoms with Crippen molar-refractivity contribution >= 4 is 5.90 Å². The zero-order valence-corrected chi connectivity index (χ0v) is 19.4. The summed E-state index contributed by atoms with van der Waals surface area (Å²) in [5.41, 5.74) is -2.31. The van der Waals surface area contributed by atoms with E-state index in [1.54, 1.807) is 18.2 Å². The Balaban J connectivity index is 1.69. The number of benzene rings is 2. The highest BCUT2D eigenvalue weighted by atomic mass is 16.7. The van der Waals surface area contributed by atoms with Crippen molar-refractivity contribution in [2.75, 3.05) is 14.2 Å². The summed E-state index contributed by atoms with van der Waals surface area (Å²) in [7, 11) is 3.00. The van der Waals surface area contributed by atoms with E-state index < -0.39 is 28.6 Å². The molecule has 35 heavy (non-hydrogen) atoms. The van der Waals surface area contributed by atoms with Crippen molar-refractivity contribution in [3.8, 4) is 29.7 Å². The summed E-state index contributed by atoms with van der Waals surface area (Å²) in [5, 5.41) is 40.4. The van der Waals surface area contributed by atoms with Crippen LogP contribution in [0.3, 0.4) is 0 Å². The molecule has 2 aromatic carbocycles. The molecular weight excluding hydrogens is 444 g/mol. The van der Waals surface area contributed by atoms with E-state index >= 15 is 0 Å². The maximum Gasteiger partial charge on any atom is 0.217 e. The summed E-state index contributed by atoms with van der Waals surface area (Å²) < 4.78 is 23.5. The van der Waals surface area contributed by atoms with E-state index in [1.165, 1.54) is 14.2 Å². The van der Waals surface area contributed by atoms with Crippen molar-refractivity contribution in [2.24, 2.45) is 16.7 Å². The Morgan fingerprint density at radius 2 is 1.74 bits per heavy atom. The van der Waals surface area contributed by atoms with Crippen molar-refractivity contribution in [1.29, 1.82) is 21.2 Å². The summed E-state index contributed by atoms with van der Waals surface area (Å²) in [4.78, 5) is 0. The molecule has 1 saturated carbocycles.